The summed E-state index contributed by atoms with van der Waals surface area (Å²) >= 11 is 0. The van der Waals surface area contributed by atoms with Gasteiger partial charge in [-0.2, -0.15) is 0 Å². The number of nitrogens with zero attached hydrogens (tertiary/aromatic N) is 5. The van der Waals surface area contributed by atoms with Crippen molar-refractivity contribution in [2.24, 2.45) is 0 Å². The van der Waals surface area contributed by atoms with Crippen LogP contribution in [0.5, 0.6) is 0 Å². The second-order valence-electron chi connectivity index (χ2n) is 9.60. The summed E-state index contributed by atoms with van der Waals surface area (Å²) in [4.78, 5) is 37.0. The van der Waals surface area contributed by atoms with Crippen molar-refractivity contribution in [3.63, 3.8) is 0 Å². The minimum Gasteiger partial charge on any atom is -0.339 e. The maximum Gasteiger partial charge on any atom is 0.264 e. The van der Waals surface area contributed by atoms with Gasteiger partial charge in [-0.25, -0.2) is 18.4 Å². The Hall–Kier alpha value is -4.77. The van der Waals surface area contributed by atoms with Crippen LogP contribution in [0.15, 0.2) is 96.0 Å². The van der Waals surface area contributed by atoms with Gasteiger partial charge in [-0.15, -0.1) is 0 Å². The number of piperazine rings is 1. The van der Waals surface area contributed by atoms with Crippen molar-refractivity contribution in [3.8, 4) is 11.3 Å². The first-order chi connectivity index (χ1) is 19.7. The van der Waals surface area contributed by atoms with Gasteiger partial charge in [-0.3, -0.25) is 13.9 Å². The SMILES string of the molecule is CC(=O)N1CCN(C(=O)c2ccc(Nc3nccc(-c4ccc(N(C)S(=O)(=O)c5ccccc5)cc4)n3)cc2)CC1. The summed E-state index contributed by atoms with van der Waals surface area (Å²) in [5.41, 5.74) is 3.29. The molecule has 1 aromatic heterocycles. The van der Waals surface area contributed by atoms with Gasteiger partial charge in [0.2, 0.25) is 11.9 Å². The van der Waals surface area contributed by atoms with E-state index in [4.69, 9.17) is 0 Å². The number of anilines is 3. The Kier molecular flexibility index (Phi) is 7.97. The molecule has 2 heterocycles. The van der Waals surface area contributed by atoms with E-state index in [0.29, 0.717) is 49.1 Å². The average Bonchev–Trinajstić information content (AvgIpc) is 3.01. The number of carbonyl (C=O) groups excluding carboxylic acids is 2. The Balaban J connectivity index is 1.24. The number of hydrogen-bond acceptors (Lipinski definition) is 7. The lowest BCUT2D eigenvalue weighted by Gasteiger charge is -2.34. The number of aromatic nitrogens is 2. The van der Waals surface area contributed by atoms with E-state index < -0.39 is 10.0 Å². The molecule has 11 heteroatoms. The summed E-state index contributed by atoms with van der Waals surface area (Å²) < 4.78 is 27.1. The molecule has 0 radical (unpaired) electrons. The van der Waals surface area contributed by atoms with Gasteiger partial charge in [0.25, 0.3) is 15.9 Å². The van der Waals surface area contributed by atoms with Crippen LogP contribution >= 0.6 is 0 Å². The molecule has 0 unspecified atom stereocenters. The van der Waals surface area contributed by atoms with Crippen LogP contribution in [0.2, 0.25) is 0 Å². The van der Waals surface area contributed by atoms with Crippen molar-refractivity contribution in [1.29, 1.82) is 0 Å². The summed E-state index contributed by atoms with van der Waals surface area (Å²) in [6.07, 6.45) is 1.64. The normalized spacial score (nSPS) is 13.5. The van der Waals surface area contributed by atoms with Gasteiger partial charge < -0.3 is 15.1 Å². The third kappa shape index (κ3) is 6.20. The summed E-state index contributed by atoms with van der Waals surface area (Å²) in [5.74, 6) is 0.344. The van der Waals surface area contributed by atoms with E-state index in [1.165, 1.54) is 11.4 Å². The van der Waals surface area contributed by atoms with Gasteiger partial charge in [0.15, 0.2) is 0 Å². The molecule has 0 aliphatic carbocycles. The first kappa shape index (κ1) is 27.8. The first-order valence-electron chi connectivity index (χ1n) is 13.1. The van der Waals surface area contributed by atoms with E-state index in [9.17, 15) is 18.0 Å². The van der Waals surface area contributed by atoms with Crippen molar-refractivity contribution in [2.45, 2.75) is 11.8 Å². The molecule has 1 fully saturated rings. The van der Waals surface area contributed by atoms with E-state index >= 15 is 0 Å². The van der Waals surface area contributed by atoms with Crippen LogP contribution in [0, 0.1) is 0 Å². The van der Waals surface area contributed by atoms with Crippen molar-refractivity contribution in [2.75, 3.05) is 42.8 Å². The van der Waals surface area contributed by atoms with E-state index in [0.717, 1.165) is 11.3 Å². The molecule has 2 amide bonds. The van der Waals surface area contributed by atoms with Gasteiger partial charge in [-0.1, -0.05) is 30.3 Å². The van der Waals surface area contributed by atoms with Crippen LogP contribution in [-0.4, -0.2) is 73.2 Å². The van der Waals surface area contributed by atoms with Crippen molar-refractivity contribution in [1.82, 2.24) is 19.8 Å². The number of nitrogens with one attached hydrogen (secondary N) is 1. The third-order valence-corrected chi connectivity index (χ3v) is 8.78. The molecule has 1 N–H and O–H groups in total. The molecule has 0 bridgehead atoms. The molecule has 0 saturated carbocycles. The summed E-state index contributed by atoms with van der Waals surface area (Å²) in [5, 5.41) is 3.17. The number of benzene rings is 3. The lowest BCUT2D eigenvalue weighted by molar-refractivity contribution is -0.130. The highest BCUT2D eigenvalue weighted by atomic mass is 32.2. The van der Waals surface area contributed by atoms with Crippen LogP contribution in [0.3, 0.4) is 0 Å². The predicted octanol–water partition coefficient (Wildman–Crippen LogP) is 4.02. The van der Waals surface area contributed by atoms with E-state index in [2.05, 4.69) is 15.3 Å². The Morgan fingerprint density at radius 3 is 2.10 bits per heavy atom. The maximum absolute atomic E-state index is 12.9. The van der Waals surface area contributed by atoms with E-state index in [-0.39, 0.29) is 16.7 Å². The number of rotatable bonds is 7. The molecule has 10 nitrogen and oxygen atoms in total. The van der Waals surface area contributed by atoms with Crippen molar-refractivity contribution >= 4 is 39.2 Å². The molecular formula is C30H30N6O4S. The van der Waals surface area contributed by atoms with Gasteiger partial charge in [-0.05, 0) is 54.6 Å². The molecule has 3 aromatic carbocycles. The van der Waals surface area contributed by atoms with Gasteiger partial charge in [0.1, 0.15) is 0 Å². The van der Waals surface area contributed by atoms with Crippen LogP contribution in [0.1, 0.15) is 17.3 Å². The summed E-state index contributed by atoms with van der Waals surface area (Å²) in [7, 11) is -2.15. The van der Waals surface area contributed by atoms with Crippen molar-refractivity contribution in [3.05, 3.63) is 96.7 Å². The Morgan fingerprint density at radius 1 is 0.829 bits per heavy atom. The molecule has 1 saturated heterocycles. The monoisotopic (exact) mass is 570 g/mol. The fraction of sp³-hybridized carbons (Fsp3) is 0.200. The molecule has 5 rings (SSSR count). The zero-order valence-corrected chi connectivity index (χ0v) is 23.6. The number of hydrogen-bond donors (Lipinski definition) is 1. The highest BCUT2D eigenvalue weighted by Crippen LogP contribution is 2.26. The van der Waals surface area contributed by atoms with Crippen molar-refractivity contribution < 1.29 is 18.0 Å². The van der Waals surface area contributed by atoms with Crippen LogP contribution in [0.4, 0.5) is 17.3 Å². The topological polar surface area (TPSA) is 116 Å². The van der Waals surface area contributed by atoms with Crippen LogP contribution in [0.25, 0.3) is 11.3 Å². The molecule has 0 atom stereocenters. The smallest absolute Gasteiger partial charge is 0.264 e. The van der Waals surface area contributed by atoms with Gasteiger partial charge in [0.05, 0.1) is 16.3 Å². The number of sulfonamides is 1. The zero-order chi connectivity index (χ0) is 29.0. The highest BCUT2D eigenvalue weighted by Gasteiger charge is 2.23. The van der Waals surface area contributed by atoms with E-state index in [1.807, 2.05) is 12.1 Å². The minimum absolute atomic E-state index is 0.0257. The highest BCUT2D eigenvalue weighted by molar-refractivity contribution is 7.92. The second-order valence-corrected chi connectivity index (χ2v) is 11.6. The molecule has 41 heavy (non-hydrogen) atoms. The maximum atomic E-state index is 12.9. The number of amides is 2. The first-order valence-corrected chi connectivity index (χ1v) is 14.6. The minimum atomic E-state index is -3.67. The fourth-order valence-electron chi connectivity index (χ4n) is 4.54. The lowest BCUT2D eigenvalue weighted by Crippen LogP contribution is -2.50. The van der Waals surface area contributed by atoms with Gasteiger partial charge in [0, 0.05) is 63.2 Å². The molecular weight excluding hydrogens is 540 g/mol. The Morgan fingerprint density at radius 2 is 1.46 bits per heavy atom. The predicted molar refractivity (Wildman–Crippen MR) is 157 cm³/mol. The fourth-order valence-corrected chi connectivity index (χ4v) is 5.76. The average molecular weight is 571 g/mol. The summed E-state index contributed by atoms with van der Waals surface area (Å²) in [6, 6.07) is 24.3. The molecule has 1 aliphatic heterocycles. The Bertz CT molecular complexity index is 1640. The Labute approximate surface area is 239 Å². The van der Waals surface area contributed by atoms with E-state index in [1.54, 1.807) is 95.7 Å². The molecule has 1 aliphatic rings. The lowest BCUT2D eigenvalue weighted by atomic mass is 10.1. The van der Waals surface area contributed by atoms with Crippen LogP contribution < -0.4 is 9.62 Å². The summed E-state index contributed by atoms with van der Waals surface area (Å²) in [6.45, 7) is 3.65. The molecule has 210 valence electrons. The largest absolute Gasteiger partial charge is 0.339 e. The molecule has 0 spiro atoms. The van der Waals surface area contributed by atoms with Gasteiger partial charge >= 0.3 is 0 Å². The second kappa shape index (κ2) is 11.8. The zero-order valence-electron chi connectivity index (χ0n) is 22.8. The van der Waals surface area contributed by atoms with Crippen LogP contribution in [-0.2, 0) is 14.8 Å². The molecule has 4 aromatic rings. The quantitative estimate of drug-likeness (QED) is 0.357. The number of carbonyl (C=O) groups is 2. The standard InChI is InChI=1S/C30H30N6O4S/c1-22(37)35-18-20-36(21-19-35)29(38)24-8-12-25(13-9-24)32-30-31-17-16-28(33-30)23-10-14-26(15-11-23)34(2)41(39,40)27-6-4-3-5-7-27/h3-17H,18-21H2,1-2H3,(H,31,32,33). The third-order valence-electron chi connectivity index (χ3n) is 6.98.